The number of halogens is 3. The van der Waals surface area contributed by atoms with Gasteiger partial charge in [0, 0.05) is 45.0 Å². The van der Waals surface area contributed by atoms with E-state index in [2.05, 4.69) is 4.90 Å². The molecule has 2 aliphatic rings. The Morgan fingerprint density at radius 3 is 2.35 bits per heavy atom. The summed E-state index contributed by atoms with van der Waals surface area (Å²) in [5.41, 5.74) is -2.51. The lowest BCUT2D eigenvalue weighted by Crippen LogP contribution is -2.59. The fourth-order valence-electron chi connectivity index (χ4n) is 4.30. The molecule has 1 N–H and O–H groups in total. The second-order valence-electron chi connectivity index (χ2n) is 8.67. The fraction of sp³-hybridized carbons (Fsp3) is 0.545. The van der Waals surface area contributed by atoms with Crippen LogP contribution in [0.3, 0.4) is 0 Å². The summed E-state index contributed by atoms with van der Waals surface area (Å²) in [5, 5.41) is 11.7. The first-order valence-electron chi connectivity index (χ1n) is 11.0. The number of thiophene rings is 1. The van der Waals surface area contributed by atoms with Crippen LogP contribution in [0.15, 0.2) is 46.0 Å². The van der Waals surface area contributed by atoms with Crippen molar-refractivity contribution in [3.8, 4) is 0 Å². The molecular weight excluding hydrogens is 491 g/mol. The zero-order valence-corrected chi connectivity index (χ0v) is 20.4. The van der Waals surface area contributed by atoms with Crippen LogP contribution in [0.5, 0.6) is 0 Å². The average Bonchev–Trinajstić information content (AvgIpc) is 3.35. The highest BCUT2D eigenvalue weighted by atomic mass is 32.2. The molecule has 0 amide bonds. The van der Waals surface area contributed by atoms with E-state index in [-0.39, 0.29) is 24.7 Å². The van der Waals surface area contributed by atoms with Crippen molar-refractivity contribution in [1.82, 2.24) is 9.21 Å². The van der Waals surface area contributed by atoms with Gasteiger partial charge in [-0.15, -0.1) is 11.3 Å². The van der Waals surface area contributed by atoms with Crippen molar-refractivity contribution in [3.63, 3.8) is 0 Å². The summed E-state index contributed by atoms with van der Waals surface area (Å²) in [5.74, 6) is 0. The molecule has 1 unspecified atom stereocenters. The Hall–Kier alpha value is -1.70. The van der Waals surface area contributed by atoms with E-state index in [1.165, 1.54) is 27.8 Å². The van der Waals surface area contributed by atoms with Gasteiger partial charge in [0.05, 0.1) is 19.3 Å². The standard InChI is InChI=1S/C22H28F3N3O4S2/c1-21(29,22(23,24)25)17-4-6-18(7-5-17)28-9-8-27(34(30,31)20-3-2-14-33-20)16-19(28)15-26-10-12-32-13-11-26/h2-7,14,19,29H,8-13,15-16H2,1H3/t19-,21?/m1/s1. The Morgan fingerprint density at radius 1 is 1.09 bits per heavy atom. The van der Waals surface area contributed by atoms with Crippen LogP contribution in [-0.4, -0.2) is 87.4 Å². The molecule has 2 aliphatic heterocycles. The topological polar surface area (TPSA) is 73.3 Å². The van der Waals surface area contributed by atoms with Crippen LogP contribution >= 0.6 is 11.3 Å². The fourth-order valence-corrected chi connectivity index (χ4v) is 6.91. The van der Waals surface area contributed by atoms with Crippen molar-refractivity contribution in [2.45, 2.75) is 29.0 Å². The van der Waals surface area contributed by atoms with Gasteiger partial charge in [0.15, 0.2) is 5.60 Å². The zero-order chi connectivity index (χ0) is 24.6. The summed E-state index contributed by atoms with van der Waals surface area (Å²) in [6, 6.07) is 8.78. The average molecular weight is 520 g/mol. The van der Waals surface area contributed by atoms with Gasteiger partial charge in [-0.2, -0.15) is 17.5 Å². The third-order valence-corrected chi connectivity index (χ3v) is 9.66. The number of anilines is 1. The summed E-state index contributed by atoms with van der Waals surface area (Å²) < 4.78 is 73.2. The van der Waals surface area contributed by atoms with Crippen LogP contribution in [0.4, 0.5) is 18.9 Å². The number of ether oxygens (including phenoxy) is 1. The smallest absolute Gasteiger partial charge is 0.379 e. The maximum absolute atomic E-state index is 13.2. The first kappa shape index (κ1) is 25.4. The predicted octanol–water partition coefficient (Wildman–Crippen LogP) is 2.73. The van der Waals surface area contributed by atoms with Crippen LogP contribution in [-0.2, 0) is 20.4 Å². The summed E-state index contributed by atoms with van der Waals surface area (Å²) >= 11 is 1.18. The molecule has 2 fully saturated rings. The maximum Gasteiger partial charge on any atom is 0.421 e. The molecule has 188 valence electrons. The Kier molecular flexibility index (Phi) is 7.28. The number of benzene rings is 1. The largest absolute Gasteiger partial charge is 0.421 e. The molecule has 0 radical (unpaired) electrons. The number of hydrogen-bond acceptors (Lipinski definition) is 7. The second kappa shape index (κ2) is 9.75. The molecule has 1 aromatic carbocycles. The Bertz CT molecular complexity index is 1050. The second-order valence-corrected chi connectivity index (χ2v) is 11.8. The predicted molar refractivity (Wildman–Crippen MR) is 124 cm³/mol. The minimum absolute atomic E-state index is 0.199. The van der Waals surface area contributed by atoms with E-state index in [1.54, 1.807) is 29.6 Å². The first-order valence-corrected chi connectivity index (χ1v) is 13.3. The Labute approximate surface area is 201 Å². The van der Waals surface area contributed by atoms with Crippen molar-refractivity contribution in [2.75, 3.05) is 57.4 Å². The van der Waals surface area contributed by atoms with Crippen LogP contribution in [0.25, 0.3) is 0 Å². The molecule has 7 nitrogen and oxygen atoms in total. The van der Waals surface area contributed by atoms with Gasteiger partial charge >= 0.3 is 6.18 Å². The monoisotopic (exact) mass is 519 g/mol. The van der Waals surface area contributed by atoms with Gasteiger partial charge in [-0.05, 0) is 36.1 Å². The molecule has 2 aromatic rings. The number of rotatable bonds is 6. The van der Waals surface area contributed by atoms with Gasteiger partial charge in [0.2, 0.25) is 0 Å². The molecular formula is C22H28F3N3O4S2. The van der Waals surface area contributed by atoms with Gasteiger partial charge in [0.25, 0.3) is 10.0 Å². The number of alkyl halides is 3. The SMILES string of the molecule is CC(O)(c1ccc(N2CCN(S(=O)(=O)c3cccs3)C[C@H]2CN2CCOCC2)cc1)C(F)(F)F. The number of piperazine rings is 1. The van der Waals surface area contributed by atoms with E-state index in [0.29, 0.717) is 36.2 Å². The molecule has 2 saturated heterocycles. The van der Waals surface area contributed by atoms with Gasteiger partial charge in [0.1, 0.15) is 4.21 Å². The van der Waals surface area contributed by atoms with Crippen molar-refractivity contribution in [3.05, 3.63) is 47.3 Å². The first-order chi connectivity index (χ1) is 16.0. The molecule has 4 rings (SSSR count). The summed E-state index contributed by atoms with van der Waals surface area (Å²) in [6.45, 7) is 4.93. The van der Waals surface area contributed by atoms with Gasteiger partial charge in [-0.25, -0.2) is 8.42 Å². The molecule has 0 aliphatic carbocycles. The maximum atomic E-state index is 13.2. The molecule has 2 atom stereocenters. The number of aliphatic hydroxyl groups is 1. The molecule has 12 heteroatoms. The van der Waals surface area contributed by atoms with Crippen LogP contribution in [0.1, 0.15) is 12.5 Å². The molecule has 3 heterocycles. The third-order valence-electron chi connectivity index (χ3n) is 6.42. The van der Waals surface area contributed by atoms with E-state index in [0.717, 1.165) is 20.0 Å². The Balaban J connectivity index is 1.58. The minimum atomic E-state index is -4.80. The summed E-state index contributed by atoms with van der Waals surface area (Å²) in [6.07, 6.45) is -4.80. The summed E-state index contributed by atoms with van der Waals surface area (Å²) in [7, 11) is -3.62. The normalized spacial score (nSPS) is 23.1. The lowest BCUT2D eigenvalue weighted by Gasteiger charge is -2.44. The lowest BCUT2D eigenvalue weighted by atomic mass is 9.95. The molecule has 0 saturated carbocycles. The number of nitrogens with zero attached hydrogens (tertiary/aromatic N) is 3. The number of sulfonamides is 1. The van der Waals surface area contributed by atoms with Crippen LogP contribution in [0, 0.1) is 0 Å². The van der Waals surface area contributed by atoms with E-state index in [1.807, 2.05) is 4.90 Å². The Morgan fingerprint density at radius 2 is 1.76 bits per heavy atom. The van der Waals surface area contributed by atoms with Crippen molar-refractivity contribution >= 4 is 27.0 Å². The number of morpholine rings is 1. The molecule has 0 bridgehead atoms. The van der Waals surface area contributed by atoms with E-state index in [9.17, 15) is 26.7 Å². The highest BCUT2D eigenvalue weighted by molar-refractivity contribution is 7.91. The van der Waals surface area contributed by atoms with Gasteiger partial charge in [-0.1, -0.05) is 18.2 Å². The lowest BCUT2D eigenvalue weighted by molar-refractivity contribution is -0.258. The van der Waals surface area contributed by atoms with Gasteiger partial charge in [-0.3, -0.25) is 4.90 Å². The van der Waals surface area contributed by atoms with E-state index in [4.69, 9.17) is 4.74 Å². The van der Waals surface area contributed by atoms with E-state index >= 15 is 0 Å². The van der Waals surface area contributed by atoms with Gasteiger partial charge < -0.3 is 14.7 Å². The minimum Gasteiger partial charge on any atom is -0.379 e. The molecule has 1 aromatic heterocycles. The van der Waals surface area contributed by atoms with Crippen LogP contribution < -0.4 is 4.90 Å². The number of hydrogen-bond donors (Lipinski definition) is 1. The highest BCUT2D eigenvalue weighted by Crippen LogP contribution is 2.39. The van der Waals surface area contributed by atoms with Crippen molar-refractivity contribution < 1.29 is 31.4 Å². The third kappa shape index (κ3) is 5.12. The zero-order valence-electron chi connectivity index (χ0n) is 18.7. The van der Waals surface area contributed by atoms with Crippen molar-refractivity contribution in [1.29, 1.82) is 0 Å². The van der Waals surface area contributed by atoms with E-state index < -0.39 is 21.8 Å². The van der Waals surface area contributed by atoms with Crippen LogP contribution in [0.2, 0.25) is 0 Å². The highest BCUT2D eigenvalue weighted by Gasteiger charge is 2.51. The molecule has 0 spiro atoms. The molecule has 34 heavy (non-hydrogen) atoms. The quantitative estimate of drug-likeness (QED) is 0.633. The van der Waals surface area contributed by atoms with Crippen molar-refractivity contribution in [2.24, 2.45) is 0 Å². The summed E-state index contributed by atoms with van der Waals surface area (Å²) in [4.78, 5) is 4.26.